The minimum absolute atomic E-state index is 0.177. The van der Waals surface area contributed by atoms with Gasteiger partial charge >= 0.3 is 0 Å². The molecule has 9 heteroatoms. The van der Waals surface area contributed by atoms with Crippen molar-refractivity contribution in [2.45, 2.75) is 6.42 Å². The average molecular weight is 311 g/mol. The van der Waals surface area contributed by atoms with Crippen LogP contribution in [0.1, 0.15) is 6.42 Å². The maximum Gasteiger partial charge on any atom is 0.267 e. The molecule has 0 spiro atoms. The lowest BCUT2D eigenvalue weighted by Crippen LogP contribution is -2.17. The molecule has 0 atom stereocenters. The summed E-state index contributed by atoms with van der Waals surface area (Å²) in [7, 11) is -7.84. The molecule has 0 aliphatic rings. The maximum atomic E-state index is 11.0. The third-order valence-electron chi connectivity index (χ3n) is 1.13. The minimum Gasteiger partial charge on any atom is -0.285 e. The van der Waals surface area contributed by atoms with Crippen LogP contribution in [0.3, 0.4) is 0 Å². The van der Waals surface area contributed by atoms with Crippen molar-refractivity contribution in [3.05, 3.63) is 0 Å². The van der Waals surface area contributed by atoms with Crippen LogP contribution in [-0.2, 0) is 24.4 Å². The van der Waals surface area contributed by atoms with Crippen molar-refractivity contribution in [3.8, 4) is 0 Å². The molecule has 0 fully saturated rings. The lowest BCUT2D eigenvalue weighted by molar-refractivity contribution is 0.334. The van der Waals surface area contributed by atoms with Gasteiger partial charge in [0, 0.05) is 5.33 Å². The third kappa shape index (κ3) is 8.88. The van der Waals surface area contributed by atoms with Crippen LogP contribution in [0.2, 0.25) is 0 Å². The second-order valence-corrected chi connectivity index (χ2v) is 6.54. The van der Waals surface area contributed by atoms with Gasteiger partial charge in [-0.2, -0.15) is 16.8 Å². The van der Waals surface area contributed by atoms with E-state index < -0.39 is 32.6 Å². The molecule has 6 nitrogen and oxygen atoms in total. The van der Waals surface area contributed by atoms with E-state index in [2.05, 4.69) is 20.1 Å². The van der Waals surface area contributed by atoms with Gasteiger partial charge in [0.15, 0.2) is 0 Å². The molecule has 0 radical (unpaired) electrons. The van der Waals surface area contributed by atoms with E-state index in [4.69, 9.17) is 4.55 Å². The van der Waals surface area contributed by atoms with Crippen LogP contribution in [0.5, 0.6) is 0 Å². The molecule has 14 heavy (non-hydrogen) atoms. The van der Waals surface area contributed by atoms with Crippen LogP contribution in [0.15, 0.2) is 0 Å². The minimum atomic E-state index is -4.17. The van der Waals surface area contributed by atoms with Gasteiger partial charge in [-0.05, 0) is 6.42 Å². The highest BCUT2D eigenvalue weighted by Crippen LogP contribution is 1.99. The number of hydrogen-bond donors (Lipinski definition) is 1. The molecule has 0 saturated carbocycles. The lowest BCUT2D eigenvalue weighted by Gasteiger charge is -2.02. The van der Waals surface area contributed by atoms with Crippen molar-refractivity contribution < 1.29 is 25.6 Å². The summed E-state index contributed by atoms with van der Waals surface area (Å²) in [6.07, 6.45) is 0.383. The Kier molecular flexibility index (Phi) is 6.14. The molecule has 1 N–H and O–H groups in total. The second-order valence-electron chi connectivity index (χ2n) is 2.41. The summed E-state index contributed by atoms with van der Waals surface area (Å²) < 4.78 is 54.9. The molecule has 86 valence electrons. The number of hydrogen-bond acceptors (Lipinski definition) is 5. The van der Waals surface area contributed by atoms with Crippen molar-refractivity contribution in [1.29, 1.82) is 0 Å². The Morgan fingerprint density at radius 3 is 2.14 bits per heavy atom. The molecule has 0 aromatic carbocycles. The first-order valence-electron chi connectivity index (χ1n) is 3.65. The molecular formula is C5H11BrO6S2. The SMILES string of the molecule is O=S(=O)(O)CCOS(=O)(=O)CCCBr. The zero-order valence-electron chi connectivity index (χ0n) is 7.22. The van der Waals surface area contributed by atoms with E-state index in [1.807, 2.05) is 0 Å². The van der Waals surface area contributed by atoms with Crippen LogP contribution in [0.25, 0.3) is 0 Å². The van der Waals surface area contributed by atoms with Gasteiger partial charge in [-0.15, -0.1) is 0 Å². The highest BCUT2D eigenvalue weighted by molar-refractivity contribution is 9.09. The number of halogens is 1. The van der Waals surface area contributed by atoms with Crippen LogP contribution >= 0.6 is 15.9 Å². The summed E-state index contributed by atoms with van der Waals surface area (Å²) in [6, 6.07) is 0. The van der Waals surface area contributed by atoms with Gasteiger partial charge < -0.3 is 0 Å². The van der Waals surface area contributed by atoms with Crippen LogP contribution in [0, 0.1) is 0 Å². The first kappa shape index (κ1) is 14.3. The molecule has 0 aromatic heterocycles. The fourth-order valence-electron chi connectivity index (χ4n) is 0.557. The topological polar surface area (TPSA) is 97.7 Å². The van der Waals surface area contributed by atoms with E-state index in [0.29, 0.717) is 11.8 Å². The number of alkyl halides is 1. The predicted molar refractivity (Wildman–Crippen MR) is 54.6 cm³/mol. The Morgan fingerprint density at radius 2 is 1.71 bits per heavy atom. The van der Waals surface area contributed by atoms with Gasteiger partial charge in [0.05, 0.1) is 12.4 Å². The monoisotopic (exact) mass is 310 g/mol. The van der Waals surface area contributed by atoms with Gasteiger partial charge in [-0.1, -0.05) is 15.9 Å². The van der Waals surface area contributed by atoms with E-state index in [1.165, 1.54) is 0 Å². The second kappa shape index (κ2) is 6.01. The van der Waals surface area contributed by atoms with Gasteiger partial charge in [0.1, 0.15) is 5.75 Å². The summed E-state index contributed by atoms with van der Waals surface area (Å²) in [5.41, 5.74) is 0. The summed E-state index contributed by atoms with van der Waals surface area (Å²) >= 11 is 3.05. The lowest BCUT2D eigenvalue weighted by atomic mass is 10.6. The van der Waals surface area contributed by atoms with Gasteiger partial charge in [0.25, 0.3) is 20.2 Å². The van der Waals surface area contributed by atoms with Gasteiger partial charge in [-0.3, -0.25) is 8.74 Å². The first-order chi connectivity index (χ1) is 6.27. The van der Waals surface area contributed by atoms with Gasteiger partial charge in [-0.25, -0.2) is 0 Å². The Hall–Kier alpha value is 0.300. The molecule has 0 aromatic rings. The summed E-state index contributed by atoms with van der Waals surface area (Å²) in [5, 5.41) is 0.522. The van der Waals surface area contributed by atoms with E-state index in [1.54, 1.807) is 0 Å². The Bertz CT molecular complexity index is 344. The highest BCUT2D eigenvalue weighted by atomic mass is 79.9. The molecule has 0 heterocycles. The third-order valence-corrected chi connectivity index (χ3v) is 3.69. The standard InChI is InChI=1S/C5H11BrO6S2/c6-2-1-4-14(10,11)12-3-5-13(7,8)9/h1-5H2,(H,7,8,9). The smallest absolute Gasteiger partial charge is 0.267 e. The Morgan fingerprint density at radius 1 is 1.14 bits per heavy atom. The molecule has 0 saturated heterocycles. The number of rotatable bonds is 7. The summed E-state index contributed by atoms with van der Waals surface area (Å²) in [5.74, 6) is -0.899. The van der Waals surface area contributed by atoms with E-state index >= 15 is 0 Å². The van der Waals surface area contributed by atoms with Crippen molar-refractivity contribution >= 4 is 36.2 Å². The van der Waals surface area contributed by atoms with Crippen LogP contribution < -0.4 is 0 Å². The summed E-state index contributed by atoms with van der Waals surface area (Å²) in [4.78, 5) is 0. The molecule has 0 bridgehead atoms. The molecule has 0 amide bonds. The largest absolute Gasteiger partial charge is 0.285 e. The van der Waals surface area contributed by atoms with E-state index in [-0.39, 0.29) is 5.75 Å². The van der Waals surface area contributed by atoms with Crippen molar-refractivity contribution in [2.24, 2.45) is 0 Å². The zero-order chi connectivity index (χ0) is 11.2. The van der Waals surface area contributed by atoms with Crippen molar-refractivity contribution in [1.82, 2.24) is 0 Å². The van der Waals surface area contributed by atoms with Crippen molar-refractivity contribution in [2.75, 3.05) is 23.4 Å². The molecular weight excluding hydrogens is 300 g/mol. The van der Waals surface area contributed by atoms with E-state index in [9.17, 15) is 16.8 Å². The Labute approximate surface area is 91.6 Å². The molecule has 0 unspecified atom stereocenters. The van der Waals surface area contributed by atoms with Crippen molar-refractivity contribution in [3.63, 3.8) is 0 Å². The normalized spacial score (nSPS) is 13.0. The predicted octanol–water partition coefficient (Wildman–Crippen LogP) is 0.00560. The van der Waals surface area contributed by atoms with Gasteiger partial charge in [0.2, 0.25) is 0 Å². The quantitative estimate of drug-likeness (QED) is 0.404. The fourth-order valence-corrected chi connectivity index (χ4v) is 2.56. The van der Waals surface area contributed by atoms with Crippen LogP contribution in [-0.4, -0.2) is 44.8 Å². The van der Waals surface area contributed by atoms with E-state index in [0.717, 1.165) is 0 Å². The first-order valence-corrected chi connectivity index (χ1v) is 7.96. The van der Waals surface area contributed by atoms with Crippen LogP contribution in [0.4, 0.5) is 0 Å². The zero-order valence-corrected chi connectivity index (χ0v) is 10.4. The fraction of sp³-hybridized carbons (Fsp3) is 1.00. The average Bonchev–Trinajstić information content (AvgIpc) is 1.98. The molecule has 0 aliphatic heterocycles. The molecule has 0 aliphatic carbocycles. The highest BCUT2D eigenvalue weighted by Gasteiger charge is 2.12. The summed E-state index contributed by atoms with van der Waals surface area (Å²) in [6.45, 7) is -0.552. The maximum absolute atomic E-state index is 11.0. The Balaban J connectivity index is 3.89. The molecule has 0 rings (SSSR count).